The van der Waals surface area contributed by atoms with Gasteiger partial charge < -0.3 is 10.4 Å². The lowest BCUT2D eigenvalue weighted by Crippen LogP contribution is -2.49. The molecule has 2 rings (SSSR count). The summed E-state index contributed by atoms with van der Waals surface area (Å²) in [5, 5.41) is 12.3. The van der Waals surface area contributed by atoms with Crippen molar-refractivity contribution in [1.82, 2.24) is 10.2 Å². The van der Waals surface area contributed by atoms with Crippen molar-refractivity contribution >= 4 is 5.97 Å². The van der Waals surface area contributed by atoms with E-state index in [1.165, 1.54) is 12.8 Å². The molecule has 1 saturated heterocycles. The van der Waals surface area contributed by atoms with Crippen LogP contribution in [0.1, 0.15) is 39.0 Å². The van der Waals surface area contributed by atoms with Gasteiger partial charge in [0.1, 0.15) is 5.54 Å². The van der Waals surface area contributed by atoms with Crippen LogP contribution in [0.5, 0.6) is 0 Å². The zero-order valence-electron chi connectivity index (χ0n) is 10.2. The number of carboxylic acid groups (broad SMARTS) is 1. The molecule has 1 aliphatic carbocycles. The Morgan fingerprint density at radius 3 is 2.69 bits per heavy atom. The predicted octanol–water partition coefficient (Wildman–Crippen LogP) is 1.07. The average Bonchev–Trinajstić information content (AvgIpc) is 2.84. The Kier molecular flexibility index (Phi) is 3.22. The van der Waals surface area contributed by atoms with Crippen LogP contribution in [0, 0.1) is 0 Å². The zero-order valence-corrected chi connectivity index (χ0v) is 10.2. The van der Waals surface area contributed by atoms with Crippen molar-refractivity contribution in [1.29, 1.82) is 0 Å². The number of rotatable bonds is 3. The molecule has 0 spiro atoms. The van der Waals surface area contributed by atoms with Crippen LogP contribution in [-0.2, 0) is 4.79 Å². The van der Waals surface area contributed by atoms with E-state index in [1.807, 2.05) is 0 Å². The van der Waals surface area contributed by atoms with Gasteiger partial charge in [-0.25, -0.2) is 0 Å². The molecule has 0 radical (unpaired) electrons. The minimum atomic E-state index is -0.690. The topological polar surface area (TPSA) is 52.6 Å². The van der Waals surface area contributed by atoms with Crippen molar-refractivity contribution in [2.75, 3.05) is 13.6 Å². The summed E-state index contributed by atoms with van der Waals surface area (Å²) in [5.74, 6) is -0.690. The van der Waals surface area contributed by atoms with Gasteiger partial charge in [0, 0.05) is 12.1 Å². The van der Waals surface area contributed by atoms with Crippen molar-refractivity contribution in [3.63, 3.8) is 0 Å². The summed E-state index contributed by atoms with van der Waals surface area (Å²) in [6.45, 7) is 3.40. The van der Waals surface area contributed by atoms with Gasteiger partial charge in [0.15, 0.2) is 0 Å². The molecule has 0 aromatic rings. The Hall–Kier alpha value is -0.610. The lowest BCUT2D eigenvalue weighted by molar-refractivity contribution is -0.144. The first kappa shape index (κ1) is 11.9. The van der Waals surface area contributed by atoms with Gasteiger partial charge in [0.25, 0.3) is 0 Å². The van der Waals surface area contributed by atoms with E-state index in [1.54, 1.807) is 7.05 Å². The first-order valence-corrected chi connectivity index (χ1v) is 6.27. The van der Waals surface area contributed by atoms with Gasteiger partial charge in [-0.1, -0.05) is 0 Å². The first-order valence-electron chi connectivity index (χ1n) is 6.27. The van der Waals surface area contributed by atoms with E-state index >= 15 is 0 Å². The van der Waals surface area contributed by atoms with E-state index in [2.05, 4.69) is 17.1 Å². The number of nitrogens with one attached hydrogen (secondary N) is 1. The van der Waals surface area contributed by atoms with Gasteiger partial charge in [-0.2, -0.15) is 0 Å². The van der Waals surface area contributed by atoms with E-state index in [9.17, 15) is 9.90 Å². The monoisotopic (exact) mass is 226 g/mol. The highest BCUT2D eigenvalue weighted by Crippen LogP contribution is 2.36. The lowest BCUT2D eigenvalue weighted by Gasteiger charge is -2.30. The Bertz CT molecular complexity index is 282. The second kappa shape index (κ2) is 4.34. The summed E-state index contributed by atoms with van der Waals surface area (Å²) in [4.78, 5) is 13.8. The smallest absolute Gasteiger partial charge is 0.323 e. The molecule has 0 amide bonds. The second-order valence-electron chi connectivity index (χ2n) is 5.26. The molecule has 0 aromatic heterocycles. The van der Waals surface area contributed by atoms with Crippen LogP contribution in [0.2, 0.25) is 0 Å². The maximum atomic E-state index is 11.3. The molecule has 16 heavy (non-hydrogen) atoms. The van der Waals surface area contributed by atoms with E-state index in [0.29, 0.717) is 12.1 Å². The molecule has 92 valence electrons. The number of likely N-dealkylation sites (N-methyl/N-ethyl adjacent to an activating group) is 1. The quantitative estimate of drug-likeness (QED) is 0.755. The maximum absolute atomic E-state index is 11.3. The number of carboxylic acids is 1. The Labute approximate surface area is 97.0 Å². The third-order valence-electron chi connectivity index (χ3n) is 4.45. The minimum Gasteiger partial charge on any atom is -0.480 e. The van der Waals surface area contributed by atoms with E-state index in [-0.39, 0.29) is 0 Å². The molecule has 1 saturated carbocycles. The van der Waals surface area contributed by atoms with Gasteiger partial charge in [0.2, 0.25) is 0 Å². The number of likely N-dealkylation sites (tertiary alicyclic amines) is 1. The zero-order chi connectivity index (χ0) is 11.8. The molecule has 2 aliphatic rings. The van der Waals surface area contributed by atoms with Crippen LogP contribution in [-0.4, -0.2) is 47.2 Å². The SMILES string of the molecule is CNC1(C(=O)O)CCC(N2CCCC2C)C1. The molecule has 1 heterocycles. The summed E-state index contributed by atoms with van der Waals surface area (Å²) >= 11 is 0. The van der Waals surface area contributed by atoms with E-state index in [0.717, 1.165) is 25.8 Å². The van der Waals surface area contributed by atoms with Crippen molar-refractivity contribution in [2.45, 2.75) is 56.7 Å². The van der Waals surface area contributed by atoms with Gasteiger partial charge in [-0.05, 0) is 52.6 Å². The highest BCUT2D eigenvalue weighted by atomic mass is 16.4. The molecule has 0 aromatic carbocycles. The molecule has 2 N–H and O–H groups in total. The Morgan fingerprint density at radius 2 is 2.25 bits per heavy atom. The highest BCUT2D eigenvalue weighted by Gasteiger charge is 2.47. The van der Waals surface area contributed by atoms with Crippen molar-refractivity contribution in [3.05, 3.63) is 0 Å². The summed E-state index contributed by atoms with van der Waals surface area (Å²) in [6, 6.07) is 1.09. The van der Waals surface area contributed by atoms with Crippen molar-refractivity contribution in [2.24, 2.45) is 0 Å². The van der Waals surface area contributed by atoms with Gasteiger partial charge in [-0.15, -0.1) is 0 Å². The molecule has 4 nitrogen and oxygen atoms in total. The number of carbonyl (C=O) groups is 1. The number of aliphatic carboxylic acids is 1. The molecule has 1 aliphatic heterocycles. The van der Waals surface area contributed by atoms with Gasteiger partial charge >= 0.3 is 5.97 Å². The summed E-state index contributed by atoms with van der Waals surface area (Å²) in [5.41, 5.74) is -0.674. The normalized spacial score (nSPS) is 40.4. The molecule has 2 fully saturated rings. The third-order valence-corrected chi connectivity index (χ3v) is 4.45. The molecule has 3 atom stereocenters. The first-order chi connectivity index (χ1) is 7.59. The lowest BCUT2D eigenvalue weighted by atomic mass is 9.97. The van der Waals surface area contributed by atoms with Crippen LogP contribution < -0.4 is 5.32 Å². The molecular weight excluding hydrogens is 204 g/mol. The van der Waals surface area contributed by atoms with E-state index in [4.69, 9.17) is 0 Å². The summed E-state index contributed by atoms with van der Waals surface area (Å²) < 4.78 is 0. The summed E-state index contributed by atoms with van der Waals surface area (Å²) in [6.07, 6.45) is 5.04. The molecule has 4 heteroatoms. The third kappa shape index (κ3) is 1.84. The fourth-order valence-electron chi connectivity index (χ4n) is 3.33. The number of hydrogen-bond donors (Lipinski definition) is 2. The Morgan fingerprint density at radius 1 is 1.50 bits per heavy atom. The van der Waals surface area contributed by atoms with E-state index < -0.39 is 11.5 Å². The average molecular weight is 226 g/mol. The minimum absolute atomic E-state index is 0.459. The standard InChI is InChI=1S/C12H22N2O2/c1-9-4-3-7-14(9)10-5-6-12(8-10,13-2)11(15)16/h9-10,13H,3-8H2,1-2H3,(H,15,16). The fraction of sp³-hybridized carbons (Fsp3) is 0.917. The van der Waals surface area contributed by atoms with Crippen LogP contribution in [0.3, 0.4) is 0 Å². The largest absolute Gasteiger partial charge is 0.480 e. The van der Waals surface area contributed by atoms with Crippen molar-refractivity contribution in [3.8, 4) is 0 Å². The number of hydrogen-bond acceptors (Lipinski definition) is 3. The number of nitrogens with zero attached hydrogens (tertiary/aromatic N) is 1. The van der Waals surface area contributed by atoms with Crippen LogP contribution in [0.4, 0.5) is 0 Å². The predicted molar refractivity (Wildman–Crippen MR) is 62.5 cm³/mol. The molecule has 0 bridgehead atoms. The highest BCUT2D eigenvalue weighted by molar-refractivity contribution is 5.79. The maximum Gasteiger partial charge on any atom is 0.323 e. The Balaban J connectivity index is 2.04. The van der Waals surface area contributed by atoms with Crippen LogP contribution >= 0.6 is 0 Å². The summed E-state index contributed by atoms with van der Waals surface area (Å²) in [7, 11) is 1.77. The second-order valence-corrected chi connectivity index (χ2v) is 5.26. The molecule has 3 unspecified atom stereocenters. The van der Waals surface area contributed by atoms with Crippen LogP contribution in [0.25, 0.3) is 0 Å². The van der Waals surface area contributed by atoms with Gasteiger partial charge in [-0.3, -0.25) is 9.69 Å². The van der Waals surface area contributed by atoms with Crippen molar-refractivity contribution < 1.29 is 9.90 Å². The molecular formula is C12H22N2O2. The van der Waals surface area contributed by atoms with Gasteiger partial charge in [0.05, 0.1) is 0 Å². The van der Waals surface area contributed by atoms with Crippen LogP contribution in [0.15, 0.2) is 0 Å². The fourth-order valence-corrected chi connectivity index (χ4v) is 3.33.